The highest BCUT2D eigenvalue weighted by Gasteiger charge is 2.37. The molecule has 3 N–H and O–H groups in total. The first kappa shape index (κ1) is 18.7. The van der Waals surface area contributed by atoms with Crippen molar-refractivity contribution in [3.63, 3.8) is 0 Å². The van der Waals surface area contributed by atoms with E-state index in [0.717, 1.165) is 30.9 Å². The van der Waals surface area contributed by atoms with E-state index >= 15 is 0 Å². The Kier molecular flexibility index (Phi) is 5.25. The number of nitrogen functional groups attached to an aromatic ring is 1. The minimum Gasteiger partial charge on any atom is -0.465 e. The maximum atomic E-state index is 11.7. The summed E-state index contributed by atoms with van der Waals surface area (Å²) >= 11 is 0. The molecular formula is C19H31N5O2. The number of carboxylic acid groups (broad SMARTS) is 1. The lowest BCUT2D eigenvalue weighted by molar-refractivity contribution is 0.0763. The van der Waals surface area contributed by atoms with Crippen LogP contribution in [0.25, 0.3) is 0 Å². The van der Waals surface area contributed by atoms with E-state index in [9.17, 15) is 9.90 Å². The number of hydrogen-bond donors (Lipinski definition) is 2. The zero-order valence-corrected chi connectivity index (χ0v) is 16.1. The van der Waals surface area contributed by atoms with Crippen molar-refractivity contribution in [3.05, 3.63) is 11.8 Å². The van der Waals surface area contributed by atoms with E-state index in [1.54, 1.807) is 4.90 Å². The van der Waals surface area contributed by atoms with Gasteiger partial charge in [-0.25, -0.2) is 9.78 Å². The van der Waals surface area contributed by atoms with Gasteiger partial charge >= 0.3 is 6.09 Å². The Morgan fingerprint density at radius 3 is 2.62 bits per heavy atom. The van der Waals surface area contributed by atoms with E-state index < -0.39 is 11.6 Å². The van der Waals surface area contributed by atoms with Crippen LogP contribution in [0.4, 0.5) is 16.6 Å². The Morgan fingerprint density at radius 1 is 1.31 bits per heavy atom. The van der Waals surface area contributed by atoms with E-state index in [2.05, 4.69) is 14.9 Å². The van der Waals surface area contributed by atoms with Crippen LogP contribution in [0.5, 0.6) is 0 Å². The Morgan fingerprint density at radius 2 is 2.00 bits per heavy atom. The molecule has 1 aliphatic carbocycles. The highest BCUT2D eigenvalue weighted by atomic mass is 16.4. The first-order valence-corrected chi connectivity index (χ1v) is 9.64. The lowest BCUT2D eigenvalue weighted by atomic mass is 10.0. The van der Waals surface area contributed by atoms with Gasteiger partial charge in [-0.1, -0.05) is 25.7 Å². The molecule has 144 valence electrons. The summed E-state index contributed by atoms with van der Waals surface area (Å²) in [5.74, 6) is 1.84. The summed E-state index contributed by atoms with van der Waals surface area (Å²) in [5, 5.41) is 9.64. The number of aromatic nitrogens is 2. The quantitative estimate of drug-likeness (QED) is 0.855. The molecule has 1 aromatic rings. The van der Waals surface area contributed by atoms with Gasteiger partial charge < -0.3 is 15.7 Å². The van der Waals surface area contributed by atoms with Crippen molar-refractivity contribution in [2.45, 2.75) is 70.9 Å². The third-order valence-electron chi connectivity index (χ3n) is 5.54. The van der Waals surface area contributed by atoms with Gasteiger partial charge in [-0.05, 0) is 39.5 Å². The predicted octanol–water partition coefficient (Wildman–Crippen LogP) is 3.15. The molecule has 26 heavy (non-hydrogen) atoms. The molecule has 7 heteroatoms. The predicted molar refractivity (Wildman–Crippen MR) is 102 cm³/mol. The average Bonchev–Trinajstić information content (AvgIpc) is 3.16. The maximum absolute atomic E-state index is 11.7. The van der Waals surface area contributed by atoms with Crippen LogP contribution in [-0.4, -0.2) is 50.7 Å². The molecule has 1 atom stereocenters. The molecule has 7 nitrogen and oxygen atoms in total. The second-order valence-corrected chi connectivity index (χ2v) is 8.64. The van der Waals surface area contributed by atoms with Crippen molar-refractivity contribution >= 4 is 17.9 Å². The summed E-state index contributed by atoms with van der Waals surface area (Å²) in [6.45, 7) is 7.23. The van der Waals surface area contributed by atoms with Gasteiger partial charge in [-0.2, -0.15) is 4.98 Å². The number of rotatable bonds is 4. The van der Waals surface area contributed by atoms with Gasteiger partial charge in [-0.15, -0.1) is 0 Å². The average molecular weight is 361 g/mol. The molecule has 2 fully saturated rings. The lowest BCUT2D eigenvalue weighted by Gasteiger charge is -2.37. The first-order chi connectivity index (χ1) is 12.2. The van der Waals surface area contributed by atoms with E-state index in [4.69, 9.17) is 5.73 Å². The number of hydrogen-bond acceptors (Lipinski definition) is 5. The lowest BCUT2D eigenvalue weighted by Crippen LogP contribution is -2.52. The number of nitrogens with two attached hydrogens (primary N) is 1. The fourth-order valence-corrected chi connectivity index (χ4v) is 4.43. The fraction of sp³-hybridized carbons (Fsp3) is 0.737. The van der Waals surface area contributed by atoms with Crippen LogP contribution >= 0.6 is 0 Å². The monoisotopic (exact) mass is 361 g/mol. The molecular weight excluding hydrogens is 330 g/mol. The molecule has 0 radical (unpaired) electrons. The van der Waals surface area contributed by atoms with Gasteiger partial charge in [0.1, 0.15) is 5.82 Å². The van der Waals surface area contributed by atoms with Gasteiger partial charge in [0.2, 0.25) is 5.95 Å². The number of anilines is 2. The van der Waals surface area contributed by atoms with Crippen molar-refractivity contribution < 1.29 is 9.90 Å². The number of amides is 1. The summed E-state index contributed by atoms with van der Waals surface area (Å²) in [7, 11) is 0. The highest BCUT2D eigenvalue weighted by molar-refractivity contribution is 5.67. The summed E-state index contributed by atoms with van der Waals surface area (Å²) in [6, 6.07) is 2.00. The van der Waals surface area contributed by atoms with Gasteiger partial charge in [0.25, 0.3) is 0 Å². The van der Waals surface area contributed by atoms with Crippen LogP contribution in [0.2, 0.25) is 0 Å². The van der Waals surface area contributed by atoms with Crippen LogP contribution in [-0.2, 0) is 6.42 Å². The summed E-state index contributed by atoms with van der Waals surface area (Å²) < 4.78 is 0. The smallest absolute Gasteiger partial charge is 0.408 e. The molecule has 0 spiro atoms. The first-order valence-electron chi connectivity index (χ1n) is 9.64. The van der Waals surface area contributed by atoms with Crippen LogP contribution in [0.3, 0.4) is 0 Å². The second kappa shape index (κ2) is 7.29. The molecule has 3 rings (SSSR count). The zero-order valence-electron chi connectivity index (χ0n) is 16.1. The Hall–Kier alpha value is -2.05. The fourth-order valence-electron chi connectivity index (χ4n) is 4.43. The standard InChI is InChI=1S/C19H31N5O2/c1-19(2,3)24(18(25)26)15-8-9-23(12-15)16-11-14(21-17(20)22-16)10-13-6-4-5-7-13/h11,13,15H,4-10,12H2,1-3H3,(H,25,26)(H2,20,21,22). The summed E-state index contributed by atoms with van der Waals surface area (Å²) in [6.07, 6.45) is 6.04. The topological polar surface area (TPSA) is 95.6 Å². The molecule has 1 unspecified atom stereocenters. The second-order valence-electron chi connectivity index (χ2n) is 8.64. The molecule has 0 aromatic carbocycles. The number of carbonyl (C=O) groups is 1. The van der Waals surface area contributed by atoms with E-state index in [-0.39, 0.29) is 6.04 Å². The third kappa shape index (κ3) is 4.19. The molecule has 0 bridgehead atoms. The zero-order chi connectivity index (χ0) is 18.9. The third-order valence-corrected chi connectivity index (χ3v) is 5.54. The molecule has 2 aliphatic rings. The minimum absolute atomic E-state index is 0.0398. The van der Waals surface area contributed by atoms with Gasteiger partial charge in [0.15, 0.2) is 0 Å². The van der Waals surface area contributed by atoms with Crippen molar-refractivity contribution in [1.29, 1.82) is 0 Å². The van der Waals surface area contributed by atoms with E-state index in [1.807, 2.05) is 26.8 Å². The summed E-state index contributed by atoms with van der Waals surface area (Å²) in [5.41, 5.74) is 6.54. The molecule has 1 saturated carbocycles. The summed E-state index contributed by atoms with van der Waals surface area (Å²) in [4.78, 5) is 24.3. The number of nitrogens with zero attached hydrogens (tertiary/aromatic N) is 4. The van der Waals surface area contributed by atoms with Crippen LogP contribution in [0.1, 0.15) is 58.6 Å². The van der Waals surface area contributed by atoms with Crippen molar-refractivity contribution in [1.82, 2.24) is 14.9 Å². The Balaban J connectivity index is 1.73. The Bertz CT molecular complexity index is 652. The van der Waals surface area contributed by atoms with Crippen LogP contribution in [0, 0.1) is 5.92 Å². The Labute approximate surface area is 155 Å². The molecule has 1 aliphatic heterocycles. The van der Waals surface area contributed by atoms with Gasteiger partial charge in [0, 0.05) is 30.4 Å². The molecule has 1 aromatic heterocycles. The SMILES string of the molecule is CC(C)(C)N(C(=O)O)C1CCN(c2cc(CC3CCCC3)nc(N)n2)C1. The molecule has 1 saturated heterocycles. The van der Waals surface area contributed by atoms with Crippen LogP contribution in [0.15, 0.2) is 6.07 Å². The van der Waals surface area contributed by atoms with E-state index in [0.29, 0.717) is 18.4 Å². The molecule has 2 heterocycles. The minimum atomic E-state index is -0.867. The largest absolute Gasteiger partial charge is 0.465 e. The van der Waals surface area contributed by atoms with Gasteiger partial charge in [0.05, 0.1) is 6.04 Å². The normalized spacial score (nSPS) is 21.3. The van der Waals surface area contributed by atoms with Crippen molar-refractivity contribution in [3.8, 4) is 0 Å². The van der Waals surface area contributed by atoms with Crippen molar-refractivity contribution in [2.75, 3.05) is 23.7 Å². The van der Waals surface area contributed by atoms with Crippen molar-refractivity contribution in [2.24, 2.45) is 5.92 Å². The molecule has 1 amide bonds. The highest BCUT2D eigenvalue weighted by Crippen LogP contribution is 2.30. The van der Waals surface area contributed by atoms with Gasteiger partial charge in [-0.3, -0.25) is 4.90 Å². The maximum Gasteiger partial charge on any atom is 0.408 e. The van der Waals surface area contributed by atoms with E-state index in [1.165, 1.54) is 25.7 Å². The van der Waals surface area contributed by atoms with Crippen LogP contribution < -0.4 is 10.6 Å².